The van der Waals surface area contributed by atoms with Crippen LogP contribution in [0.3, 0.4) is 0 Å². The molecular weight excluding hydrogens is 226 g/mol. The van der Waals surface area contributed by atoms with Crippen molar-refractivity contribution >= 4 is 10.0 Å². The van der Waals surface area contributed by atoms with Crippen LogP contribution in [0.1, 0.15) is 0 Å². The van der Waals surface area contributed by atoms with E-state index in [9.17, 15) is 17.2 Å². The highest BCUT2D eigenvalue weighted by Crippen LogP contribution is 2.16. The predicted molar refractivity (Wildman–Crippen MR) is 50.6 cm³/mol. The summed E-state index contributed by atoms with van der Waals surface area (Å²) in [5.41, 5.74) is 5.09. The van der Waals surface area contributed by atoms with E-state index in [1.165, 1.54) is 0 Å². The van der Waals surface area contributed by atoms with Crippen LogP contribution >= 0.6 is 0 Å². The van der Waals surface area contributed by atoms with E-state index in [0.29, 0.717) is 0 Å². The van der Waals surface area contributed by atoms with Gasteiger partial charge in [-0.1, -0.05) is 6.07 Å². The van der Waals surface area contributed by atoms with Gasteiger partial charge in [-0.25, -0.2) is 21.9 Å². The topological polar surface area (TPSA) is 72.2 Å². The number of halogens is 2. The molecule has 1 aromatic rings. The number of benzene rings is 1. The molecule has 3 N–H and O–H groups in total. The molecule has 0 aromatic heterocycles. The highest BCUT2D eigenvalue weighted by molar-refractivity contribution is 7.89. The van der Waals surface area contributed by atoms with E-state index in [2.05, 4.69) is 0 Å². The third kappa shape index (κ3) is 2.71. The zero-order valence-electron chi connectivity index (χ0n) is 7.70. The van der Waals surface area contributed by atoms with Crippen LogP contribution in [-0.4, -0.2) is 21.5 Å². The summed E-state index contributed by atoms with van der Waals surface area (Å²) in [6.07, 6.45) is 0. The molecule has 0 amide bonds. The molecule has 84 valence electrons. The number of sulfonamides is 1. The van der Waals surface area contributed by atoms with Gasteiger partial charge in [0, 0.05) is 13.1 Å². The highest BCUT2D eigenvalue weighted by atomic mass is 32.2. The summed E-state index contributed by atoms with van der Waals surface area (Å²) in [7, 11) is -4.02. The maximum Gasteiger partial charge on any atom is 0.243 e. The molecule has 7 heteroatoms. The fourth-order valence-corrected chi connectivity index (χ4v) is 2.10. The Balaban J connectivity index is 3.10. The Kier molecular flexibility index (Phi) is 3.72. The summed E-state index contributed by atoms with van der Waals surface area (Å²) in [4.78, 5) is -0.712. The lowest BCUT2D eigenvalue weighted by Gasteiger charge is -2.06. The molecule has 1 rings (SSSR count). The average molecular weight is 236 g/mol. The van der Waals surface area contributed by atoms with Gasteiger partial charge < -0.3 is 5.73 Å². The smallest absolute Gasteiger partial charge is 0.243 e. The molecule has 1 aromatic carbocycles. The van der Waals surface area contributed by atoms with E-state index < -0.39 is 26.6 Å². The predicted octanol–water partition coefficient (Wildman–Crippen LogP) is 0.202. The van der Waals surface area contributed by atoms with Crippen LogP contribution in [0.4, 0.5) is 8.78 Å². The first kappa shape index (κ1) is 12.0. The molecule has 4 nitrogen and oxygen atoms in total. The highest BCUT2D eigenvalue weighted by Gasteiger charge is 2.20. The normalized spacial score (nSPS) is 11.7. The lowest BCUT2D eigenvalue weighted by molar-refractivity contribution is 0.483. The summed E-state index contributed by atoms with van der Waals surface area (Å²) in [5, 5.41) is 0. The van der Waals surface area contributed by atoms with Crippen molar-refractivity contribution in [3.8, 4) is 0 Å². The van der Waals surface area contributed by atoms with Gasteiger partial charge in [-0.15, -0.1) is 0 Å². The first-order chi connectivity index (χ1) is 6.99. The zero-order chi connectivity index (χ0) is 11.5. The summed E-state index contributed by atoms with van der Waals surface area (Å²) < 4.78 is 50.7. The van der Waals surface area contributed by atoms with Crippen molar-refractivity contribution in [2.75, 3.05) is 13.1 Å². The van der Waals surface area contributed by atoms with Crippen LogP contribution in [0.5, 0.6) is 0 Å². The molecule has 0 fully saturated rings. The van der Waals surface area contributed by atoms with Gasteiger partial charge >= 0.3 is 0 Å². The molecule has 0 aliphatic heterocycles. The van der Waals surface area contributed by atoms with Gasteiger partial charge in [-0.2, -0.15) is 0 Å². The van der Waals surface area contributed by atoms with Crippen LogP contribution in [0.25, 0.3) is 0 Å². The number of nitrogens with two attached hydrogens (primary N) is 1. The Hall–Kier alpha value is -1.05. The van der Waals surface area contributed by atoms with Crippen molar-refractivity contribution in [3.05, 3.63) is 29.8 Å². The van der Waals surface area contributed by atoms with Gasteiger partial charge in [0.15, 0.2) is 11.6 Å². The first-order valence-electron chi connectivity index (χ1n) is 4.13. The molecule has 0 aliphatic rings. The molecule has 0 saturated carbocycles. The molecule has 0 atom stereocenters. The maximum absolute atomic E-state index is 13.1. The van der Waals surface area contributed by atoms with Crippen molar-refractivity contribution in [2.24, 2.45) is 5.73 Å². The Bertz CT molecular complexity index is 448. The second kappa shape index (κ2) is 4.65. The molecule has 15 heavy (non-hydrogen) atoms. The molecule has 0 radical (unpaired) electrons. The summed E-state index contributed by atoms with van der Waals surface area (Å²) in [6.45, 7) is 0.0501. The largest absolute Gasteiger partial charge is 0.329 e. The van der Waals surface area contributed by atoms with Crippen LogP contribution in [0.2, 0.25) is 0 Å². The lowest BCUT2D eigenvalue weighted by Crippen LogP contribution is -2.29. The summed E-state index contributed by atoms with van der Waals surface area (Å²) >= 11 is 0. The lowest BCUT2D eigenvalue weighted by atomic mass is 10.3. The molecular formula is C8H10F2N2O2S. The van der Waals surface area contributed by atoms with E-state index in [-0.39, 0.29) is 13.1 Å². The average Bonchev–Trinajstić information content (AvgIpc) is 2.19. The van der Waals surface area contributed by atoms with Crippen LogP contribution in [0.15, 0.2) is 23.1 Å². The summed E-state index contributed by atoms with van der Waals surface area (Å²) in [5.74, 6) is -2.59. The third-order valence-electron chi connectivity index (χ3n) is 1.64. The summed E-state index contributed by atoms with van der Waals surface area (Å²) in [6, 6.07) is 2.95. The molecule has 0 heterocycles. The third-order valence-corrected chi connectivity index (χ3v) is 3.12. The van der Waals surface area contributed by atoms with Crippen molar-refractivity contribution in [3.63, 3.8) is 0 Å². The Morgan fingerprint density at radius 3 is 2.60 bits per heavy atom. The van der Waals surface area contributed by atoms with Crippen LogP contribution in [-0.2, 0) is 10.0 Å². The minimum atomic E-state index is -4.02. The van der Waals surface area contributed by atoms with Crippen molar-refractivity contribution in [1.82, 2.24) is 4.72 Å². The molecule has 0 bridgehead atoms. The SMILES string of the molecule is NCCNS(=O)(=O)c1cccc(F)c1F. The van der Waals surface area contributed by atoms with E-state index in [1.807, 2.05) is 4.72 Å². The second-order valence-corrected chi connectivity index (χ2v) is 4.47. The van der Waals surface area contributed by atoms with E-state index in [0.717, 1.165) is 18.2 Å². The van der Waals surface area contributed by atoms with E-state index in [4.69, 9.17) is 5.73 Å². The van der Waals surface area contributed by atoms with Crippen LogP contribution in [0, 0.1) is 11.6 Å². The fourth-order valence-electron chi connectivity index (χ4n) is 0.963. The van der Waals surface area contributed by atoms with Gasteiger partial charge in [-0.05, 0) is 12.1 Å². The van der Waals surface area contributed by atoms with Gasteiger partial charge in [0.2, 0.25) is 10.0 Å². The Morgan fingerprint density at radius 1 is 1.33 bits per heavy atom. The zero-order valence-corrected chi connectivity index (χ0v) is 8.52. The quantitative estimate of drug-likeness (QED) is 0.784. The van der Waals surface area contributed by atoms with Gasteiger partial charge in [0.1, 0.15) is 4.90 Å². The molecule has 0 spiro atoms. The number of nitrogens with one attached hydrogen (secondary N) is 1. The fraction of sp³-hybridized carbons (Fsp3) is 0.250. The van der Waals surface area contributed by atoms with E-state index >= 15 is 0 Å². The maximum atomic E-state index is 13.1. The molecule has 0 saturated heterocycles. The monoisotopic (exact) mass is 236 g/mol. The van der Waals surface area contributed by atoms with Crippen molar-refractivity contribution in [2.45, 2.75) is 4.90 Å². The van der Waals surface area contributed by atoms with Gasteiger partial charge in [0.05, 0.1) is 0 Å². The number of hydrogen-bond acceptors (Lipinski definition) is 3. The van der Waals surface area contributed by atoms with Crippen molar-refractivity contribution in [1.29, 1.82) is 0 Å². The second-order valence-electron chi connectivity index (χ2n) is 2.74. The van der Waals surface area contributed by atoms with E-state index in [1.54, 1.807) is 0 Å². The van der Waals surface area contributed by atoms with Gasteiger partial charge in [-0.3, -0.25) is 0 Å². The number of hydrogen-bond donors (Lipinski definition) is 2. The minimum absolute atomic E-state index is 0.0295. The Labute approximate surface area is 86.1 Å². The van der Waals surface area contributed by atoms with Gasteiger partial charge in [0.25, 0.3) is 0 Å². The molecule has 0 aliphatic carbocycles. The minimum Gasteiger partial charge on any atom is -0.329 e. The molecule has 0 unspecified atom stereocenters. The van der Waals surface area contributed by atoms with Crippen molar-refractivity contribution < 1.29 is 17.2 Å². The van der Waals surface area contributed by atoms with Crippen LogP contribution < -0.4 is 10.5 Å². The standard InChI is InChI=1S/C8H10F2N2O2S/c9-6-2-1-3-7(8(6)10)15(13,14)12-5-4-11/h1-3,12H,4-5,11H2. The number of rotatable bonds is 4. The first-order valence-corrected chi connectivity index (χ1v) is 5.61. The Morgan fingerprint density at radius 2 is 2.00 bits per heavy atom.